The molecule has 4 N–H and O–H groups in total. The number of likely N-dealkylation sites (N-methyl/N-ethyl adjacent to an activating group) is 1. The smallest absolute Gasteiger partial charge is 0.409 e. The predicted molar refractivity (Wildman–Crippen MR) is 103 cm³/mol. The number of amides is 3. The van der Waals surface area contributed by atoms with Crippen LogP contribution in [0.5, 0.6) is 5.75 Å². The monoisotopic (exact) mass is 408 g/mol. The SMILES string of the molecule is CC(C)C(C)C[C@H](NC(=O)Oc1cc[nH]c1)C(=O)N(C)C1C(=O)COC1C(N)=O. The molecule has 10 nitrogen and oxygen atoms in total. The molecule has 10 heteroatoms. The number of carbonyl (C=O) groups excluding carboxylic acids is 4. The van der Waals surface area contributed by atoms with Crippen molar-refractivity contribution in [3.63, 3.8) is 0 Å². The van der Waals surface area contributed by atoms with Crippen molar-refractivity contribution in [3.05, 3.63) is 18.5 Å². The first-order chi connectivity index (χ1) is 13.6. The van der Waals surface area contributed by atoms with Gasteiger partial charge in [-0.3, -0.25) is 14.4 Å². The van der Waals surface area contributed by atoms with Crippen LogP contribution in [0.1, 0.15) is 27.2 Å². The first kappa shape index (κ1) is 22.4. The quantitative estimate of drug-likeness (QED) is 0.569. The molecule has 0 aliphatic carbocycles. The van der Waals surface area contributed by atoms with Crippen LogP contribution in [0, 0.1) is 11.8 Å². The van der Waals surface area contributed by atoms with Gasteiger partial charge >= 0.3 is 6.09 Å². The summed E-state index contributed by atoms with van der Waals surface area (Å²) in [6.07, 6.45) is 1.39. The standard InChI is InChI=1S/C19H28N4O6/c1-10(2)11(3)7-13(22-19(27)29-12-5-6-21-8-12)18(26)23(4)15-14(24)9-28-16(15)17(20)25/h5-6,8,10-11,13,15-16,21H,7,9H2,1-4H3,(H2,20,25)(H,22,27)/t11?,13-,15?,16?/m0/s1. The van der Waals surface area contributed by atoms with Crippen LogP contribution in [0.25, 0.3) is 0 Å². The summed E-state index contributed by atoms with van der Waals surface area (Å²) in [4.78, 5) is 53.1. The maximum absolute atomic E-state index is 13.1. The van der Waals surface area contributed by atoms with Crippen molar-refractivity contribution < 1.29 is 28.7 Å². The molecule has 1 fully saturated rings. The fourth-order valence-corrected chi connectivity index (χ4v) is 3.07. The highest BCUT2D eigenvalue weighted by Crippen LogP contribution is 2.21. The summed E-state index contributed by atoms with van der Waals surface area (Å²) >= 11 is 0. The molecule has 0 saturated carbocycles. The largest absolute Gasteiger partial charge is 0.413 e. The Hall–Kier alpha value is -2.88. The van der Waals surface area contributed by atoms with Gasteiger partial charge in [-0.25, -0.2) is 4.79 Å². The minimum absolute atomic E-state index is 0.0902. The fraction of sp³-hybridized carbons (Fsp3) is 0.579. The van der Waals surface area contributed by atoms with Crippen molar-refractivity contribution in [2.75, 3.05) is 13.7 Å². The summed E-state index contributed by atoms with van der Waals surface area (Å²) in [6.45, 7) is 5.67. The highest BCUT2D eigenvalue weighted by Gasteiger charge is 2.45. The van der Waals surface area contributed by atoms with Gasteiger partial charge in [0.1, 0.15) is 24.4 Å². The maximum Gasteiger partial charge on any atom is 0.413 e. The molecule has 1 aliphatic rings. The Balaban J connectivity index is 2.17. The molecule has 29 heavy (non-hydrogen) atoms. The Bertz CT molecular complexity index is 748. The highest BCUT2D eigenvalue weighted by molar-refractivity contribution is 5.99. The molecule has 0 bridgehead atoms. The Morgan fingerprint density at radius 1 is 1.38 bits per heavy atom. The van der Waals surface area contributed by atoms with Crippen molar-refractivity contribution in [1.29, 1.82) is 0 Å². The van der Waals surface area contributed by atoms with Crippen molar-refractivity contribution in [2.24, 2.45) is 17.6 Å². The van der Waals surface area contributed by atoms with Crippen LogP contribution in [0.3, 0.4) is 0 Å². The Morgan fingerprint density at radius 2 is 2.07 bits per heavy atom. The molecule has 160 valence electrons. The van der Waals surface area contributed by atoms with E-state index in [-0.39, 0.29) is 18.4 Å². The third kappa shape index (κ3) is 5.57. The summed E-state index contributed by atoms with van der Waals surface area (Å²) < 4.78 is 10.3. The van der Waals surface area contributed by atoms with Gasteiger partial charge in [0.25, 0.3) is 0 Å². The molecule has 0 aromatic carbocycles. The molecule has 1 aliphatic heterocycles. The van der Waals surface area contributed by atoms with Crippen molar-refractivity contribution >= 4 is 23.7 Å². The van der Waals surface area contributed by atoms with Gasteiger partial charge in [-0.15, -0.1) is 0 Å². The first-order valence-electron chi connectivity index (χ1n) is 9.43. The summed E-state index contributed by atoms with van der Waals surface area (Å²) in [5.41, 5.74) is 5.29. The zero-order chi connectivity index (χ0) is 21.7. The van der Waals surface area contributed by atoms with E-state index in [1.807, 2.05) is 20.8 Å². The van der Waals surface area contributed by atoms with Crippen LogP contribution in [0.4, 0.5) is 4.79 Å². The number of hydrogen-bond donors (Lipinski definition) is 3. The lowest BCUT2D eigenvalue weighted by molar-refractivity contribution is -0.141. The lowest BCUT2D eigenvalue weighted by Crippen LogP contribution is -2.56. The van der Waals surface area contributed by atoms with E-state index in [4.69, 9.17) is 15.2 Å². The van der Waals surface area contributed by atoms with Crippen LogP contribution >= 0.6 is 0 Å². The number of H-pyrrole nitrogens is 1. The van der Waals surface area contributed by atoms with Gasteiger partial charge in [-0.1, -0.05) is 20.8 Å². The molecule has 0 spiro atoms. The van der Waals surface area contributed by atoms with Crippen molar-refractivity contribution in [3.8, 4) is 5.75 Å². The zero-order valence-corrected chi connectivity index (χ0v) is 17.0. The topological polar surface area (TPSA) is 144 Å². The molecular formula is C19H28N4O6. The molecule has 2 rings (SSSR count). The number of hydrogen-bond acceptors (Lipinski definition) is 6. The Morgan fingerprint density at radius 3 is 2.62 bits per heavy atom. The van der Waals surface area contributed by atoms with E-state index in [1.165, 1.54) is 13.2 Å². The number of primary amides is 1. The van der Waals surface area contributed by atoms with E-state index in [2.05, 4.69) is 10.3 Å². The van der Waals surface area contributed by atoms with Crippen LogP contribution in [-0.2, 0) is 19.1 Å². The summed E-state index contributed by atoms with van der Waals surface area (Å²) in [5.74, 6) is -1.13. The zero-order valence-electron chi connectivity index (χ0n) is 17.0. The molecule has 4 atom stereocenters. The number of carbonyl (C=O) groups is 4. The summed E-state index contributed by atoms with van der Waals surface area (Å²) in [5, 5.41) is 2.57. The third-order valence-electron chi connectivity index (χ3n) is 5.18. The summed E-state index contributed by atoms with van der Waals surface area (Å²) in [7, 11) is 1.39. The van der Waals surface area contributed by atoms with E-state index >= 15 is 0 Å². The number of rotatable bonds is 8. The average molecular weight is 408 g/mol. The van der Waals surface area contributed by atoms with E-state index in [0.29, 0.717) is 12.2 Å². The molecule has 0 radical (unpaired) electrons. The average Bonchev–Trinajstić information content (AvgIpc) is 3.29. The van der Waals surface area contributed by atoms with Crippen LogP contribution < -0.4 is 15.8 Å². The van der Waals surface area contributed by atoms with E-state index in [1.54, 1.807) is 12.3 Å². The highest BCUT2D eigenvalue weighted by atomic mass is 16.6. The van der Waals surface area contributed by atoms with E-state index in [0.717, 1.165) is 4.90 Å². The fourth-order valence-electron chi connectivity index (χ4n) is 3.07. The molecule has 2 heterocycles. The minimum atomic E-state index is -1.22. The van der Waals surface area contributed by atoms with Gasteiger partial charge in [0.2, 0.25) is 11.8 Å². The number of Topliss-reactive ketones (excluding diaryl/α,β-unsaturated/α-hetero) is 1. The predicted octanol–water partition coefficient (Wildman–Crippen LogP) is 0.434. The summed E-state index contributed by atoms with van der Waals surface area (Å²) in [6, 6.07) is -0.518. The number of aromatic amines is 1. The molecule has 1 aromatic heterocycles. The number of nitrogens with two attached hydrogens (primary N) is 1. The molecule has 3 amide bonds. The third-order valence-corrected chi connectivity index (χ3v) is 5.18. The number of ether oxygens (including phenoxy) is 2. The second-order valence-electron chi connectivity index (χ2n) is 7.58. The van der Waals surface area contributed by atoms with Gasteiger partial charge in [0.15, 0.2) is 11.9 Å². The number of aromatic nitrogens is 1. The minimum Gasteiger partial charge on any atom is -0.409 e. The normalized spacial score (nSPS) is 20.9. The van der Waals surface area contributed by atoms with Gasteiger partial charge in [-0.05, 0) is 24.3 Å². The van der Waals surface area contributed by atoms with Crippen LogP contribution in [0.2, 0.25) is 0 Å². The van der Waals surface area contributed by atoms with Gasteiger partial charge in [0.05, 0.1) is 0 Å². The lowest BCUT2D eigenvalue weighted by atomic mass is 9.90. The number of nitrogens with zero attached hydrogens (tertiary/aromatic N) is 1. The molecule has 3 unspecified atom stereocenters. The first-order valence-corrected chi connectivity index (χ1v) is 9.43. The van der Waals surface area contributed by atoms with Crippen LogP contribution in [-0.4, -0.2) is 65.4 Å². The maximum atomic E-state index is 13.1. The van der Waals surface area contributed by atoms with Gasteiger partial charge < -0.3 is 30.4 Å². The Kier molecular flexibility index (Phi) is 7.38. The van der Waals surface area contributed by atoms with E-state index < -0.39 is 41.9 Å². The lowest BCUT2D eigenvalue weighted by Gasteiger charge is -2.31. The number of ketones is 1. The van der Waals surface area contributed by atoms with Crippen molar-refractivity contribution in [1.82, 2.24) is 15.2 Å². The van der Waals surface area contributed by atoms with Crippen molar-refractivity contribution in [2.45, 2.75) is 45.4 Å². The van der Waals surface area contributed by atoms with E-state index in [9.17, 15) is 19.2 Å². The molecule has 1 aromatic rings. The second kappa shape index (κ2) is 9.55. The van der Waals surface area contributed by atoms with Gasteiger partial charge in [-0.2, -0.15) is 0 Å². The Labute approximate surface area is 169 Å². The van der Waals surface area contributed by atoms with Crippen LogP contribution in [0.15, 0.2) is 18.5 Å². The molecular weight excluding hydrogens is 380 g/mol. The number of nitrogens with one attached hydrogen (secondary N) is 2. The molecule has 1 saturated heterocycles. The second-order valence-corrected chi connectivity index (χ2v) is 7.58. The van der Waals surface area contributed by atoms with Gasteiger partial charge in [0, 0.05) is 19.4 Å².